The smallest absolute Gasteiger partial charge is 0.221 e. The van der Waals surface area contributed by atoms with E-state index in [2.05, 4.69) is 10.6 Å². The molecule has 11 N–H and O–H groups in total. The van der Waals surface area contributed by atoms with E-state index < -0.39 is 0 Å². The Morgan fingerprint density at radius 3 is 1.26 bits per heavy atom. The van der Waals surface area contributed by atoms with Crippen LogP contribution in [0.2, 0.25) is 0 Å². The third-order valence-corrected chi connectivity index (χ3v) is 5.18. The predicted octanol–water partition coefficient (Wildman–Crippen LogP) is 0.544. The summed E-state index contributed by atoms with van der Waals surface area (Å²) >= 11 is 0. The molecule has 0 aromatic heterocycles. The number of amides is 2. The fourth-order valence-electron chi connectivity index (χ4n) is 2.84. The zero-order chi connectivity index (χ0) is 17.1. The lowest BCUT2D eigenvalue weighted by molar-refractivity contribution is -0.122. The molecule has 0 aromatic carbocycles. The fourth-order valence-corrected chi connectivity index (χ4v) is 2.84. The van der Waals surface area contributed by atoms with Crippen molar-refractivity contribution in [2.45, 2.75) is 88.4 Å². The molecule has 2 unspecified atom stereocenters. The highest BCUT2D eigenvalue weighted by Crippen LogP contribution is 2.33. The highest BCUT2D eigenvalue weighted by Gasteiger charge is 2.32. The number of hydrogen-bond acceptors (Lipinski definition) is 5. The molecule has 2 atom stereocenters. The Hall–Kier alpha value is -0.930. The van der Waals surface area contributed by atoms with Gasteiger partial charge in [0.1, 0.15) is 0 Å². The van der Waals surface area contributed by atoms with Gasteiger partial charge in [0.2, 0.25) is 11.8 Å². The van der Waals surface area contributed by atoms with E-state index in [-0.39, 0.29) is 47.9 Å². The lowest BCUT2D eigenvalue weighted by Crippen LogP contribution is -2.33. The zero-order valence-corrected chi connectivity index (χ0v) is 16.9. The van der Waals surface area contributed by atoms with Gasteiger partial charge in [0.25, 0.3) is 0 Å². The summed E-state index contributed by atoms with van der Waals surface area (Å²) in [6.07, 6.45) is 10.6. The zero-order valence-electron chi connectivity index (χ0n) is 16.1. The van der Waals surface area contributed by atoms with Crippen LogP contribution >= 0.6 is 12.4 Å². The third kappa shape index (κ3) is 10.8. The van der Waals surface area contributed by atoms with Crippen molar-refractivity contribution in [3.8, 4) is 0 Å². The van der Waals surface area contributed by atoms with Crippen molar-refractivity contribution in [3.63, 3.8) is 0 Å². The summed E-state index contributed by atoms with van der Waals surface area (Å²) in [7, 11) is 0. The van der Waals surface area contributed by atoms with Crippen LogP contribution in [0.1, 0.15) is 64.2 Å². The average Bonchev–Trinajstić information content (AvgIpc) is 3.34. The first-order valence-corrected chi connectivity index (χ1v) is 9.61. The number of halogens is 1. The van der Waals surface area contributed by atoms with E-state index in [0.717, 1.165) is 25.7 Å². The van der Waals surface area contributed by atoms with Crippen LogP contribution in [0.25, 0.3) is 0 Å². The number of rotatable bonds is 8. The van der Waals surface area contributed by atoms with Gasteiger partial charge in [0.05, 0.1) is 0 Å². The Morgan fingerprint density at radius 2 is 1.04 bits per heavy atom. The SMILES string of the molecule is Cl.N.NC(CC(=O)NC1CC1)C1CC1.NC(CC(=O)NC1CC1)C1CC1.O. The fraction of sp³-hybridized carbons (Fsp3) is 0.889. The van der Waals surface area contributed by atoms with Crippen LogP contribution in [-0.2, 0) is 9.59 Å². The van der Waals surface area contributed by atoms with Crippen LogP contribution in [0.5, 0.6) is 0 Å². The summed E-state index contributed by atoms with van der Waals surface area (Å²) in [6, 6.07) is 1.18. The first kappa shape index (κ1) is 26.1. The topological polar surface area (TPSA) is 177 Å². The molecule has 27 heavy (non-hydrogen) atoms. The molecular weight excluding hydrogens is 370 g/mol. The molecule has 4 rings (SSSR count). The molecular formula is C18H38ClN5O3. The van der Waals surface area contributed by atoms with Gasteiger partial charge in [-0.05, 0) is 63.2 Å². The summed E-state index contributed by atoms with van der Waals surface area (Å²) in [5.74, 6) is 1.57. The van der Waals surface area contributed by atoms with Gasteiger partial charge in [-0.25, -0.2) is 0 Å². The first-order valence-electron chi connectivity index (χ1n) is 9.61. The second kappa shape index (κ2) is 11.8. The Labute approximate surface area is 168 Å². The molecule has 0 heterocycles. The maximum Gasteiger partial charge on any atom is 0.221 e. The Morgan fingerprint density at radius 1 is 0.741 bits per heavy atom. The van der Waals surface area contributed by atoms with Gasteiger partial charge in [-0.15, -0.1) is 12.4 Å². The average molecular weight is 408 g/mol. The monoisotopic (exact) mass is 407 g/mol. The van der Waals surface area contributed by atoms with Crippen LogP contribution in [0.15, 0.2) is 0 Å². The molecule has 0 spiro atoms. The summed E-state index contributed by atoms with van der Waals surface area (Å²) < 4.78 is 0. The van der Waals surface area contributed by atoms with E-state index >= 15 is 0 Å². The molecule has 8 nitrogen and oxygen atoms in total. The number of carbonyl (C=O) groups excluding carboxylic acids is 2. The normalized spacial score (nSPS) is 22.3. The van der Waals surface area contributed by atoms with E-state index in [1.165, 1.54) is 25.7 Å². The molecule has 4 fully saturated rings. The molecule has 4 saturated carbocycles. The lowest BCUT2D eigenvalue weighted by Gasteiger charge is -2.09. The molecule has 4 aliphatic rings. The van der Waals surface area contributed by atoms with Gasteiger partial charge in [0, 0.05) is 37.0 Å². The van der Waals surface area contributed by atoms with Crippen molar-refractivity contribution in [1.82, 2.24) is 16.8 Å². The lowest BCUT2D eigenvalue weighted by atomic mass is 10.1. The molecule has 0 aromatic rings. The molecule has 2 amide bonds. The molecule has 4 aliphatic carbocycles. The van der Waals surface area contributed by atoms with Crippen molar-refractivity contribution in [2.75, 3.05) is 0 Å². The molecule has 0 bridgehead atoms. The van der Waals surface area contributed by atoms with Crippen molar-refractivity contribution in [1.29, 1.82) is 0 Å². The number of carbonyl (C=O) groups is 2. The van der Waals surface area contributed by atoms with Crippen molar-refractivity contribution >= 4 is 24.2 Å². The number of hydrogen-bond donors (Lipinski definition) is 5. The molecule has 0 radical (unpaired) electrons. The van der Waals surface area contributed by atoms with Crippen molar-refractivity contribution < 1.29 is 15.1 Å². The van der Waals surface area contributed by atoms with Gasteiger partial charge in [0.15, 0.2) is 0 Å². The van der Waals surface area contributed by atoms with Crippen LogP contribution in [0, 0.1) is 11.8 Å². The molecule has 160 valence electrons. The number of nitrogens with one attached hydrogen (secondary N) is 2. The molecule has 0 aliphatic heterocycles. The number of nitrogens with two attached hydrogens (primary N) is 2. The minimum Gasteiger partial charge on any atom is -0.412 e. The Bertz CT molecular complexity index is 424. The molecule has 9 heteroatoms. The minimum atomic E-state index is 0. The van der Waals surface area contributed by atoms with Gasteiger partial charge < -0.3 is 33.7 Å². The Kier molecular flexibility index (Phi) is 11.4. The van der Waals surface area contributed by atoms with E-state index in [4.69, 9.17) is 11.5 Å². The van der Waals surface area contributed by atoms with Gasteiger partial charge in [-0.3, -0.25) is 9.59 Å². The summed E-state index contributed by atoms with van der Waals surface area (Å²) in [6.45, 7) is 0. The maximum atomic E-state index is 11.2. The summed E-state index contributed by atoms with van der Waals surface area (Å²) in [4.78, 5) is 22.5. The van der Waals surface area contributed by atoms with Crippen LogP contribution < -0.4 is 28.3 Å². The summed E-state index contributed by atoms with van der Waals surface area (Å²) in [5, 5.41) is 5.90. The molecule has 0 saturated heterocycles. The first-order chi connectivity index (χ1) is 11.5. The van der Waals surface area contributed by atoms with Crippen LogP contribution in [0.3, 0.4) is 0 Å². The predicted molar refractivity (Wildman–Crippen MR) is 109 cm³/mol. The third-order valence-electron chi connectivity index (χ3n) is 5.18. The van der Waals surface area contributed by atoms with Crippen molar-refractivity contribution in [3.05, 3.63) is 0 Å². The quantitative estimate of drug-likeness (QED) is 0.393. The highest BCUT2D eigenvalue weighted by atomic mass is 35.5. The van der Waals surface area contributed by atoms with Crippen LogP contribution in [-0.4, -0.2) is 41.5 Å². The minimum absolute atomic E-state index is 0. The van der Waals surface area contributed by atoms with E-state index in [0.29, 0.717) is 36.8 Å². The van der Waals surface area contributed by atoms with Crippen molar-refractivity contribution in [2.24, 2.45) is 23.3 Å². The highest BCUT2D eigenvalue weighted by molar-refractivity contribution is 5.85. The van der Waals surface area contributed by atoms with Gasteiger partial charge in [-0.2, -0.15) is 0 Å². The largest absolute Gasteiger partial charge is 0.412 e. The van der Waals surface area contributed by atoms with E-state index in [1.54, 1.807) is 0 Å². The second-order valence-electron chi connectivity index (χ2n) is 8.09. The van der Waals surface area contributed by atoms with Gasteiger partial charge >= 0.3 is 0 Å². The second-order valence-corrected chi connectivity index (χ2v) is 8.09. The summed E-state index contributed by atoms with van der Waals surface area (Å²) in [5.41, 5.74) is 11.6. The standard InChI is InChI=1S/2C9H16N2O.ClH.H3N.H2O/c2*10-8(6-1-2-6)5-9(12)11-7-3-4-7;;;/h2*6-8H,1-5,10H2,(H,11,12);1H;1H3;1H2. The van der Waals surface area contributed by atoms with Gasteiger partial charge in [-0.1, -0.05) is 0 Å². The van der Waals surface area contributed by atoms with E-state index in [1.807, 2.05) is 0 Å². The van der Waals surface area contributed by atoms with Crippen LogP contribution in [0.4, 0.5) is 0 Å². The Balaban J connectivity index is 0.000000451. The van der Waals surface area contributed by atoms with E-state index in [9.17, 15) is 9.59 Å². The maximum absolute atomic E-state index is 11.2.